The number of nitrogens with zero attached hydrogens (tertiary/aromatic N) is 5. The number of quaternary nitrogens is 1. The fourth-order valence-corrected chi connectivity index (χ4v) is 5.97. The molecule has 0 radical (unpaired) electrons. The zero-order valence-electron chi connectivity index (χ0n) is 16.7. The number of aromatic nitrogens is 2. The lowest BCUT2D eigenvalue weighted by molar-refractivity contribution is -0.949. The van der Waals surface area contributed by atoms with Crippen LogP contribution in [0.2, 0.25) is 0 Å². The fourth-order valence-electron chi connectivity index (χ4n) is 5.02. The molecule has 7 heteroatoms. The summed E-state index contributed by atoms with van der Waals surface area (Å²) in [4.78, 5) is 14.9. The molecule has 1 amide bonds. The Labute approximate surface area is 170 Å². The number of carbonyl (C=O) groups is 1. The van der Waals surface area contributed by atoms with Gasteiger partial charge in [-0.2, -0.15) is 9.69 Å². The molecule has 0 bridgehead atoms. The van der Waals surface area contributed by atoms with E-state index >= 15 is 0 Å². The van der Waals surface area contributed by atoms with E-state index in [0.717, 1.165) is 61.9 Å². The van der Waals surface area contributed by atoms with Crippen molar-refractivity contribution >= 4 is 17.7 Å². The topological polar surface area (TPSA) is 41.4 Å². The van der Waals surface area contributed by atoms with Gasteiger partial charge >= 0.3 is 0 Å². The molecule has 1 atom stereocenters. The van der Waals surface area contributed by atoms with Crippen molar-refractivity contribution in [2.24, 2.45) is 0 Å². The number of thioether (sulfide) groups is 1. The molecule has 2 fully saturated rings. The van der Waals surface area contributed by atoms with Gasteiger partial charge in [-0.05, 0) is 38.8 Å². The van der Waals surface area contributed by atoms with Gasteiger partial charge in [0.15, 0.2) is 5.70 Å². The highest BCUT2D eigenvalue weighted by Crippen LogP contribution is 2.40. The van der Waals surface area contributed by atoms with Crippen LogP contribution in [0.15, 0.2) is 41.8 Å². The number of piperidine rings is 1. The van der Waals surface area contributed by atoms with E-state index in [1.54, 1.807) is 0 Å². The Balaban J connectivity index is 1.30. The van der Waals surface area contributed by atoms with E-state index in [1.807, 2.05) is 16.7 Å². The van der Waals surface area contributed by atoms with Gasteiger partial charge in [0.05, 0.1) is 36.3 Å². The van der Waals surface area contributed by atoms with E-state index in [0.29, 0.717) is 10.6 Å². The molecule has 28 heavy (non-hydrogen) atoms. The highest BCUT2D eigenvalue weighted by molar-refractivity contribution is 7.99. The predicted octanol–water partition coefficient (Wildman–Crippen LogP) is 2.75. The second-order valence-corrected chi connectivity index (χ2v) is 9.32. The molecule has 0 unspecified atom stereocenters. The van der Waals surface area contributed by atoms with Crippen LogP contribution in [-0.2, 0) is 4.79 Å². The maximum absolute atomic E-state index is 12.9. The van der Waals surface area contributed by atoms with Gasteiger partial charge in [0.25, 0.3) is 5.91 Å². The molecule has 1 aromatic heterocycles. The summed E-state index contributed by atoms with van der Waals surface area (Å²) in [7, 11) is 0. The first-order chi connectivity index (χ1) is 13.6. The minimum absolute atomic E-state index is 0.226. The van der Waals surface area contributed by atoms with E-state index in [4.69, 9.17) is 5.10 Å². The quantitative estimate of drug-likeness (QED) is 0.735. The minimum atomic E-state index is 0.226. The smallest absolute Gasteiger partial charge is 0.256 e. The Morgan fingerprint density at radius 2 is 2.07 bits per heavy atom. The number of hydrogen-bond acceptors (Lipinski definition) is 4. The van der Waals surface area contributed by atoms with E-state index < -0.39 is 0 Å². The molecular weight excluding hydrogens is 370 g/mol. The minimum Gasteiger partial charge on any atom is -0.329 e. The summed E-state index contributed by atoms with van der Waals surface area (Å²) in [6.07, 6.45) is 10.9. The lowest BCUT2D eigenvalue weighted by atomic mass is 10.1. The maximum atomic E-state index is 12.9. The largest absolute Gasteiger partial charge is 0.329 e. The Bertz CT molecular complexity index is 887. The van der Waals surface area contributed by atoms with Gasteiger partial charge in [-0.1, -0.05) is 0 Å². The van der Waals surface area contributed by atoms with Crippen molar-refractivity contribution in [3.63, 3.8) is 0 Å². The molecule has 4 aliphatic rings. The van der Waals surface area contributed by atoms with Gasteiger partial charge < -0.3 is 4.90 Å². The molecule has 0 aliphatic carbocycles. The van der Waals surface area contributed by atoms with Crippen LogP contribution in [0, 0.1) is 13.8 Å². The number of allylic oxidation sites excluding steroid dienone is 3. The molecular formula is C21H28N5OS+. The van der Waals surface area contributed by atoms with Crippen LogP contribution in [0.25, 0.3) is 0 Å². The molecule has 0 saturated carbocycles. The SMILES string of the molecule is Cc1cc(C)n(C2CCN([N@@+]34C=CC=C3C=C(C(=O)N3CCSC3)C4)CC2)n1. The van der Waals surface area contributed by atoms with Crippen molar-refractivity contribution in [1.29, 1.82) is 0 Å². The Kier molecular flexibility index (Phi) is 4.49. The standard InChI is InChI=1S/C21H28N5OS/c1-16-12-17(2)25(22-16)19-5-7-24(8-6-19)26-10-3-4-20(26)13-18(14-26)21(27)23-9-11-28-15-23/h3-4,10,12-13,19H,5-9,11,14-15H2,1-2H3/q+1/t26-/m1/s1. The third-order valence-corrected chi connectivity index (χ3v) is 7.40. The number of aryl methyl sites for hydroxylation is 2. The van der Waals surface area contributed by atoms with E-state index in [2.05, 4.69) is 54.0 Å². The zero-order chi connectivity index (χ0) is 19.3. The molecule has 148 valence electrons. The molecule has 2 saturated heterocycles. The molecule has 0 N–H and O–H groups in total. The van der Waals surface area contributed by atoms with Crippen molar-refractivity contribution in [2.75, 3.05) is 37.8 Å². The second-order valence-electron chi connectivity index (χ2n) is 8.25. The lowest BCUT2D eigenvalue weighted by Gasteiger charge is -2.43. The summed E-state index contributed by atoms with van der Waals surface area (Å²) in [6, 6.07) is 2.64. The fraction of sp³-hybridized carbons (Fsp3) is 0.524. The third kappa shape index (κ3) is 2.88. The average Bonchev–Trinajstić information content (AvgIpc) is 3.45. The van der Waals surface area contributed by atoms with Crippen molar-refractivity contribution in [1.82, 2.24) is 19.7 Å². The van der Waals surface area contributed by atoms with Crippen LogP contribution in [0.5, 0.6) is 0 Å². The van der Waals surface area contributed by atoms with Gasteiger partial charge in [-0.25, -0.2) is 0 Å². The van der Waals surface area contributed by atoms with Crippen LogP contribution in [-0.4, -0.2) is 68.0 Å². The van der Waals surface area contributed by atoms with Crippen LogP contribution in [0.4, 0.5) is 0 Å². The first kappa shape index (κ1) is 18.2. The number of carbonyl (C=O) groups excluding carboxylic acids is 1. The first-order valence-electron chi connectivity index (χ1n) is 10.2. The Morgan fingerprint density at radius 1 is 1.25 bits per heavy atom. The molecule has 5 heterocycles. The van der Waals surface area contributed by atoms with E-state index in [-0.39, 0.29) is 5.91 Å². The van der Waals surface area contributed by atoms with Gasteiger partial charge in [-0.15, -0.1) is 16.8 Å². The van der Waals surface area contributed by atoms with E-state index in [9.17, 15) is 4.79 Å². The molecule has 0 aromatic carbocycles. The predicted molar refractivity (Wildman–Crippen MR) is 111 cm³/mol. The zero-order valence-corrected chi connectivity index (χ0v) is 17.5. The molecule has 1 aromatic rings. The van der Waals surface area contributed by atoms with Crippen LogP contribution in [0.1, 0.15) is 30.3 Å². The van der Waals surface area contributed by atoms with Crippen molar-refractivity contribution < 1.29 is 9.39 Å². The summed E-state index contributed by atoms with van der Waals surface area (Å²) in [5.74, 6) is 2.12. The summed E-state index contributed by atoms with van der Waals surface area (Å²) in [6.45, 7) is 7.88. The van der Waals surface area contributed by atoms with Gasteiger partial charge in [0.2, 0.25) is 0 Å². The summed E-state index contributed by atoms with van der Waals surface area (Å²) < 4.78 is 2.91. The third-order valence-electron chi connectivity index (χ3n) is 6.43. The van der Waals surface area contributed by atoms with Crippen molar-refractivity contribution in [2.45, 2.75) is 32.7 Å². The molecule has 5 rings (SSSR count). The van der Waals surface area contributed by atoms with Crippen molar-refractivity contribution in [3.8, 4) is 0 Å². The van der Waals surface area contributed by atoms with E-state index in [1.165, 1.54) is 11.4 Å². The highest BCUT2D eigenvalue weighted by Gasteiger charge is 2.48. The Hall–Kier alpha value is -1.83. The number of hydrogen-bond donors (Lipinski definition) is 0. The Morgan fingerprint density at radius 3 is 2.75 bits per heavy atom. The highest BCUT2D eigenvalue weighted by atomic mass is 32.2. The van der Waals surface area contributed by atoms with Crippen LogP contribution in [0.3, 0.4) is 0 Å². The van der Waals surface area contributed by atoms with Gasteiger partial charge in [0.1, 0.15) is 12.7 Å². The van der Waals surface area contributed by atoms with Gasteiger partial charge in [0, 0.05) is 30.1 Å². The molecule has 4 aliphatic heterocycles. The summed E-state index contributed by atoms with van der Waals surface area (Å²) in [5, 5.41) is 7.24. The van der Waals surface area contributed by atoms with Crippen molar-refractivity contribution in [3.05, 3.63) is 53.2 Å². The summed E-state index contributed by atoms with van der Waals surface area (Å²) >= 11 is 1.84. The average molecular weight is 399 g/mol. The lowest BCUT2D eigenvalue weighted by Crippen LogP contribution is -2.56. The number of amides is 1. The maximum Gasteiger partial charge on any atom is 0.256 e. The molecule has 6 nitrogen and oxygen atoms in total. The van der Waals surface area contributed by atoms with Crippen LogP contribution >= 0.6 is 11.8 Å². The van der Waals surface area contributed by atoms with Crippen LogP contribution < -0.4 is 0 Å². The second kappa shape index (κ2) is 6.90. The normalized spacial score (nSPS) is 28.0. The summed E-state index contributed by atoms with van der Waals surface area (Å²) in [5.41, 5.74) is 4.55. The number of rotatable bonds is 3. The van der Waals surface area contributed by atoms with Gasteiger partial charge in [-0.3, -0.25) is 9.48 Å². The monoisotopic (exact) mass is 398 g/mol. The first-order valence-corrected chi connectivity index (χ1v) is 11.4. The molecule has 0 spiro atoms. The number of fused-ring (bicyclic) bond motifs is 1.